The molecule has 0 radical (unpaired) electrons. The van der Waals surface area contributed by atoms with Crippen LogP contribution in [0.25, 0.3) is 0 Å². The quantitative estimate of drug-likeness (QED) is 0.555. The van der Waals surface area contributed by atoms with E-state index < -0.39 is 0 Å². The maximum Gasteiger partial charge on any atom is 0.233 e. The van der Waals surface area contributed by atoms with E-state index in [0.717, 1.165) is 0 Å². The van der Waals surface area contributed by atoms with Gasteiger partial charge in [0, 0.05) is 13.1 Å². The monoisotopic (exact) mass is 386 g/mol. The molecule has 142 valence electrons. The number of hydrogen-bond acceptors (Lipinski definition) is 6. The van der Waals surface area contributed by atoms with Crippen LogP contribution in [-0.4, -0.2) is 39.1 Å². The van der Waals surface area contributed by atoms with E-state index in [2.05, 4.69) is 28.7 Å². The summed E-state index contributed by atoms with van der Waals surface area (Å²) in [6.45, 7) is 10.5. The maximum atomic E-state index is 12.1. The molecule has 2 atom stereocenters. The number of nitrogens with one attached hydrogen (secondary N) is 1. The largest absolute Gasteiger partial charge is 0.485 e. The van der Waals surface area contributed by atoms with Gasteiger partial charge in [0.15, 0.2) is 28.6 Å². The van der Waals surface area contributed by atoms with E-state index in [1.807, 2.05) is 35.8 Å². The number of ether oxygens (including phenoxy) is 2. The Hall–Kier alpha value is -2.74. The average Bonchev–Trinajstić information content (AvgIpc) is 3.08. The number of benzene rings is 1. The van der Waals surface area contributed by atoms with Gasteiger partial charge in [-0.3, -0.25) is 9.36 Å². The van der Waals surface area contributed by atoms with E-state index in [9.17, 15) is 4.79 Å². The molecule has 8 heteroatoms. The van der Waals surface area contributed by atoms with Crippen LogP contribution in [0, 0.1) is 0 Å². The van der Waals surface area contributed by atoms with Crippen molar-refractivity contribution in [2.75, 3.05) is 13.2 Å². The van der Waals surface area contributed by atoms with Gasteiger partial charge in [-0.1, -0.05) is 36.0 Å². The van der Waals surface area contributed by atoms with Crippen molar-refractivity contribution in [3.05, 3.63) is 55.4 Å². The normalized spacial score (nSPS) is 16.4. The number of nitrogens with zero attached hydrogens (tertiary/aromatic N) is 3. The first-order valence-electron chi connectivity index (χ1n) is 8.61. The minimum Gasteiger partial charge on any atom is -0.485 e. The summed E-state index contributed by atoms with van der Waals surface area (Å²) in [5.41, 5.74) is 0. The van der Waals surface area contributed by atoms with E-state index in [1.165, 1.54) is 11.8 Å². The number of carbonyl (C=O) groups is 1. The molecule has 1 aromatic heterocycles. The smallest absolute Gasteiger partial charge is 0.233 e. The minimum atomic E-state index is -0.383. The van der Waals surface area contributed by atoms with Gasteiger partial charge < -0.3 is 14.8 Å². The number of aromatic nitrogens is 3. The van der Waals surface area contributed by atoms with Crippen LogP contribution in [0.5, 0.6) is 11.5 Å². The summed E-state index contributed by atoms with van der Waals surface area (Å²) < 4.78 is 13.7. The second-order valence-corrected chi connectivity index (χ2v) is 7.21. The molecule has 0 saturated carbocycles. The summed E-state index contributed by atoms with van der Waals surface area (Å²) in [6.07, 6.45) is 3.02. The predicted molar refractivity (Wildman–Crippen MR) is 104 cm³/mol. The highest BCUT2D eigenvalue weighted by Gasteiger charge is 2.29. The van der Waals surface area contributed by atoms with Crippen LogP contribution in [0.2, 0.25) is 0 Å². The molecule has 0 aliphatic carbocycles. The molecule has 0 bridgehead atoms. The number of allylic oxidation sites excluding steroid dienone is 1. The van der Waals surface area contributed by atoms with Crippen LogP contribution in [-0.2, 0) is 11.3 Å². The Kier molecular flexibility index (Phi) is 6.18. The maximum absolute atomic E-state index is 12.1. The molecule has 1 aliphatic rings. The molecule has 27 heavy (non-hydrogen) atoms. The zero-order chi connectivity index (χ0) is 19.2. The van der Waals surface area contributed by atoms with Crippen molar-refractivity contribution in [3.8, 4) is 11.5 Å². The number of carbonyl (C=O) groups excluding carboxylic acids is 1. The number of para-hydroxylation sites is 2. The molecular formula is C19H22N4O3S. The molecule has 2 heterocycles. The highest BCUT2D eigenvalue weighted by atomic mass is 32.2. The molecule has 1 N–H and O–H groups in total. The molecule has 0 fully saturated rings. The second-order valence-electron chi connectivity index (χ2n) is 5.90. The van der Waals surface area contributed by atoms with E-state index in [-0.39, 0.29) is 17.3 Å². The van der Waals surface area contributed by atoms with Gasteiger partial charge in [-0.25, -0.2) is 0 Å². The minimum absolute atomic E-state index is 0.0826. The van der Waals surface area contributed by atoms with Crippen molar-refractivity contribution in [2.45, 2.75) is 30.0 Å². The van der Waals surface area contributed by atoms with E-state index in [0.29, 0.717) is 42.2 Å². The van der Waals surface area contributed by atoms with E-state index >= 15 is 0 Å². The Balaban J connectivity index is 1.78. The van der Waals surface area contributed by atoms with Crippen molar-refractivity contribution in [1.29, 1.82) is 0 Å². The highest BCUT2D eigenvalue weighted by Crippen LogP contribution is 2.36. The molecule has 0 unspecified atom stereocenters. The van der Waals surface area contributed by atoms with Crippen LogP contribution in [0.1, 0.15) is 18.9 Å². The highest BCUT2D eigenvalue weighted by molar-refractivity contribution is 8.00. The summed E-state index contributed by atoms with van der Waals surface area (Å²) in [5, 5.41) is 11.7. The molecule has 3 rings (SSSR count). The summed E-state index contributed by atoms with van der Waals surface area (Å²) in [4.78, 5) is 12.1. The van der Waals surface area contributed by atoms with Crippen molar-refractivity contribution >= 4 is 17.7 Å². The zero-order valence-corrected chi connectivity index (χ0v) is 15.9. The van der Waals surface area contributed by atoms with Crippen molar-refractivity contribution in [2.24, 2.45) is 0 Å². The summed E-state index contributed by atoms with van der Waals surface area (Å²) in [6, 6.07) is 7.52. The Morgan fingerprint density at radius 3 is 2.89 bits per heavy atom. The van der Waals surface area contributed by atoms with Crippen LogP contribution in [0.4, 0.5) is 0 Å². The molecule has 1 aromatic carbocycles. The van der Waals surface area contributed by atoms with Crippen LogP contribution >= 0.6 is 11.8 Å². The summed E-state index contributed by atoms with van der Waals surface area (Å²) in [5.74, 6) is 1.95. The van der Waals surface area contributed by atoms with Gasteiger partial charge in [-0.15, -0.1) is 23.4 Å². The molecule has 2 aromatic rings. The van der Waals surface area contributed by atoms with Crippen molar-refractivity contribution in [3.63, 3.8) is 0 Å². The van der Waals surface area contributed by atoms with Gasteiger partial charge in [-0.05, 0) is 19.1 Å². The number of amides is 1. The lowest BCUT2D eigenvalue weighted by molar-refractivity contribution is -0.120. The van der Waals surface area contributed by atoms with Crippen molar-refractivity contribution in [1.82, 2.24) is 20.1 Å². The second kappa shape index (κ2) is 8.77. The van der Waals surface area contributed by atoms with Gasteiger partial charge in [-0.2, -0.15) is 0 Å². The first-order chi connectivity index (χ1) is 13.1. The number of hydrogen-bond donors (Lipinski definition) is 1. The average molecular weight is 386 g/mol. The third kappa shape index (κ3) is 4.33. The number of thioether (sulfide) groups is 1. The number of rotatable bonds is 8. The van der Waals surface area contributed by atoms with Crippen molar-refractivity contribution < 1.29 is 14.3 Å². The standard InChI is InChI=1S/C19H22N4O3S/c1-4-10-20-18(24)13(3)27-19-22-21-17(23(19)11-5-2)16-12-25-14-8-6-7-9-15(14)26-16/h4-9,13,16H,1-2,10-12H2,3H3,(H,20,24)/t13-,16-/m1/s1. The van der Waals surface area contributed by atoms with E-state index in [1.54, 1.807) is 12.2 Å². The van der Waals surface area contributed by atoms with Gasteiger partial charge in [0.2, 0.25) is 5.91 Å². The Morgan fingerprint density at radius 2 is 2.15 bits per heavy atom. The van der Waals surface area contributed by atoms with Gasteiger partial charge in [0.1, 0.15) is 6.61 Å². The lowest BCUT2D eigenvalue weighted by Gasteiger charge is -2.26. The molecule has 1 amide bonds. The first kappa shape index (κ1) is 19.0. The molecule has 1 aliphatic heterocycles. The third-order valence-corrected chi connectivity index (χ3v) is 5.01. The van der Waals surface area contributed by atoms with Crippen LogP contribution < -0.4 is 14.8 Å². The first-order valence-corrected chi connectivity index (χ1v) is 9.49. The fraction of sp³-hybridized carbons (Fsp3) is 0.316. The van der Waals surface area contributed by atoms with Crippen LogP contribution in [0.3, 0.4) is 0 Å². The SMILES string of the molecule is C=CCNC(=O)[C@@H](C)Sc1nnc([C@H]2COc3ccccc3O2)n1CC=C. The Labute approximate surface area is 162 Å². The fourth-order valence-electron chi connectivity index (χ4n) is 2.60. The van der Waals surface area contributed by atoms with Gasteiger partial charge >= 0.3 is 0 Å². The van der Waals surface area contributed by atoms with Crippen LogP contribution in [0.15, 0.2) is 54.7 Å². The third-order valence-electron chi connectivity index (χ3n) is 3.93. The topological polar surface area (TPSA) is 78.3 Å². The molecule has 0 saturated heterocycles. The summed E-state index contributed by atoms with van der Waals surface area (Å²) in [7, 11) is 0. The lowest BCUT2D eigenvalue weighted by atomic mass is 10.2. The fourth-order valence-corrected chi connectivity index (χ4v) is 3.49. The zero-order valence-electron chi connectivity index (χ0n) is 15.1. The Morgan fingerprint density at radius 1 is 1.37 bits per heavy atom. The summed E-state index contributed by atoms with van der Waals surface area (Å²) >= 11 is 1.34. The molecule has 7 nitrogen and oxygen atoms in total. The molecular weight excluding hydrogens is 364 g/mol. The predicted octanol–water partition coefficient (Wildman–Crippen LogP) is 2.76. The lowest BCUT2D eigenvalue weighted by Crippen LogP contribution is -2.31. The Bertz CT molecular complexity index is 836. The number of fused-ring (bicyclic) bond motifs is 1. The van der Waals surface area contributed by atoms with E-state index in [4.69, 9.17) is 9.47 Å². The van der Waals surface area contributed by atoms with Gasteiger partial charge in [0.05, 0.1) is 5.25 Å². The molecule has 0 spiro atoms. The van der Waals surface area contributed by atoms with Gasteiger partial charge in [0.25, 0.3) is 0 Å².